The van der Waals surface area contributed by atoms with E-state index in [1.165, 1.54) is 0 Å². The maximum atomic E-state index is 14.0. The number of nitrogens with zero attached hydrogens (tertiary/aromatic N) is 2. The molecule has 31 heavy (non-hydrogen) atoms. The molecule has 1 aromatic heterocycles. The van der Waals surface area contributed by atoms with Crippen LogP contribution in [0.25, 0.3) is 0 Å². The summed E-state index contributed by atoms with van der Waals surface area (Å²) in [5, 5.41) is 2.01. The van der Waals surface area contributed by atoms with Gasteiger partial charge in [-0.05, 0) is 53.6 Å². The van der Waals surface area contributed by atoms with Gasteiger partial charge < -0.3 is 9.80 Å². The summed E-state index contributed by atoms with van der Waals surface area (Å²) in [5.41, 5.74) is 3.41. The van der Waals surface area contributed by atoms with Crippen LogP contribution in [-0.4, -0.2) is 30.3 Å². The van der Waals surface area contributed by atoms with Crippen LogP contribution in [0.3, 0.4) is 0 Å². The molecule has 4 rings (SSSR count). The number of hydrogen-bond acceptors (Lipinski definition) is 3. The van der Waals surface area contributed by atoms with Crippen molar-refractivity contribution >= 4 is 28.8 Å². The van der Waals surface area contributed by atoms with Crippen molar-refractivity contribution in [2.24, 2.45) is 5.92 Å². The van der Waals surface area contributed by atoms with Gasteiger partial charge in [-0.25, -0.2) is 0 Å². The van der Waals surface area contributed by atoms with Crippen molar-refractivity contribution in [3.8, 4) is 0 Å². The third kappa shape index (κ3) is 4.02. The average Bonchev–Trinajstić information content (AvgIpc) is 3.28. The van der Waals surface area contributed by atoms with Crippen molar-refractivity contribution in [1.29, 1.82) is 0 Å². The molecule has 0 N–H and O–H groups in total. The Bertz CT molecular complexity index is 1090. The molecule has 5 heteroatoms. The van der Waals surface area contributed by atoms with Crippen LogP contribution >= 0.6 is 11.3 Å². The van der Waals surface area contributed by atoms with E-state index in [-0.39, 0.29) is 17.9 Å². The van der Waals surface area contributed by atoms with Gasteiger partial charge in [0.05, 0.1) is 12.0 Å². The first kappa shape index (κ1) is 21.3. The molecule has 2 heterocycles. The number of carbonyl (C=O) groups excluding carboxylic acids is 2. The number of thiophene rings is 1. The number of carbonyl (C=O) groups is 2. The quantitative estimate of drug-likeness (QED) is 0.522. The normalized spacial score (nSPS) is 18.2. The Balaban J connectivity index is 1.86. The molecule has 2 unspecified atom stereocenters. The van der Waals surface area contributed by atoms with Gasteiger partial charge in [0, 0.05) is 29.7 Å². The molecule has 0 saturated heterocycles. The third-order valence-corrected chi connectivity index (χ3v) is 6.76. The topological polar surface area (TPSA) is 40.6 Å². The van der Waals surface area contributed by atoms with Crippen molar-refractivity contribution < 1.29 is 9.59 Å². The maximum absolute atomic E-state index is 14.0. The van der Waals surface area contributed by atoms with Gasteiger partial charge in [0.2, 0.25) is 5.91 Å². The monoisotopic (exact) mass is 432 g/mol. The molecule has 1 aliphatic heterocycles. The zero-order chi connectivity index (χ0) is 22.1. The zero-order valence-electron chi connectivity index (χ0n) is 18.4. The lowest BCUT2D eigenvalue weighted by Gasteiger charge is -2.43. The smallest absolute Gasteiger partial charge is 0.254 e. The largest absolute Gasteiger partial charge is 0.329 e. The molecule has 0 fully saturated rings. The minimum absolute atomic E-state index is 0.00212. The molecular formula is C26H28N2O2S. The SMILES string of the molecule is Cc1cccc(N(C)C(=O)C2c3ccccc3C(=O)N(CC(C)C)C2c2cccs2)c1. The van der Waals surface area contributed by atoms with E-state index in [9.17, 15) is 9.59 Å². The Hall–Kier alpha value is -2.92. The molecule has 2 atom stereocenters. The van der Waals surface area contributed by atoms with Crippen LogP contribution in [0.2, 0.25) is 0 Å². The lowest BCUT2D eigenvalue weighted by atomic mass is 9.80. The Morgan fingerprint density at radius 2 is 1.87 bits per heavy atom. The fourth-order valence-electron chi connectivity index (χ4n) is 4.40. The van der Waals surface area contributed by atoms with Crippen molar-refractivity contribution in [2.75, 3.05) is 18.5 Å². The number of fused-ring (bicyclic) bond motifs is 1. The first-order valence-corrected chi connectivity index (χ1v) is 11.5. The van der Waals surface area contributed by atoms with Gasteiger partial charge in [-0.3, -0.25) is 9.59 Å². The molecule has 4 nitrogen and oxygen atoms in total. The molecule has 0 radical (unpaired) electrons. The van der Waals surface area contributed by atoms with E-state index < -0.39 is 5.92 Å². The van der Waals surface area contributed by atoms with Gasteiger partial charge in [0.15, 0.2) is 0 Å². The van der Waals surface area contributed by atoms with Crippen LogP contribution in [-0.2, 0) is 4.79 Å². The Morgan fingerprint density at radius 3 is 2.55 bits per heavy atom. The zero-order valence-corrected chi connectivity index (χ0v) is 19.2. The Labute approximate surface area is 188 Å². The number of hydrogen-bond donors (Lipinski definition) is 0. The van der Waals surface area contributed by atoms with Gasteiger partial charge in [0.1, 0.15) is 0 Å². The first-order chi connectivity index (χ1) is 14.9. The number of aryl methyl sites for hydroxylation is 1. The number of rotatable bonds is 5. The Morgan fingerprint density at radius 1 is 1.10 bits per heavy atom. The van der Waals surface area contributed by atoms with E-state index in [0.717, 1.165) is 21.7 Å². The summed E-state index contributed by atoms with van der Waals surface area (Å²) in [6, 6.07) is 19.3. The molecule has 0 aliphatic carbocycles. The summed E-state index contributed by atoms with van der Waals surface area (Å²) < 4.78 is 0. The van der Waals surface area contributed by atoms with Crippen LogP contribution in [0.15, 0.2) is 66.0 Å². The molecule has 0 bridgehead atoms. The lowest BCUT2D eigenvalue weighted by Crippen LogP contribution is -2.48. The first-order valence-electron chi connectivity index (χ1n) is 10.7. The molecule has 0 saturated carbocycles. The van der Waals surface area contributed by atoms with E-state index in [2.05, 4.69) is 13.8 Å². The van der Waals surface area contributed by atoms with Crippen LogP contribution < -0.4 is 4.90 Å². The minimum Gasteiger partial charge on any atom is -0.329 e. The summed E-state index contributed by atoms with van der Waals surface area (Å²) in [7, 11) is 1.83. The van der Waals surface area contributed by atoms with Gasteiger partial charge in [-0.2, -0.15) is 0 Å². The number of amides is 2. The second kappa shape index (κ2) is 8.67. The predicted octanol–water partition coefficient (Wildman–Crippen LogP) is 5.66. The second-order valence-electron chi connectivity index (χ2n) is 8.61. The van der Waals surface area contributed by atoms with E-state index in [0.29, 0.717) is 18.0 Å². The molecule has 3 aromatic rings. The molecule has 0 spiro atoms. The fraction of sp³-hybridized carbons (Fsp3) is 0.308. The van der Waals surface area contributed by atoms with Gasteiger partial charge in [-0.15, -0.1) is 11.3 Å². The van der Waals surface area contributed by atoms with E-state index in [1.54, 1.807) is 16.2 Å². The van der Waals surface area contributed by atoms with E-state index >= 15 is 0 Å². The molecule has 2 amide bonds. The summed E-state index contributed by atoms with van der Waals surface area (Å²) >= 11 is 1.60. The Kier molecular flexibility index (Phi) is 5.96. The predicted molar refractivity (Wildman–Crippen MR) is 127 cm³/mol. The average molecular weight is 433 g/mol. The highest BCUT2D eigenvalue weighted by atomic mass is 32.1. The number of likely N-dealkylation sites (N-methyl/N-ethyl adjacent to an activating group) is 1. The van der Waals surface area contributed by atoms with Crippen LogP contribution in [0.1, 0.15) is 52.2 Å². The summed E-state index contributed by atoms with van der Waals surface area (Å²) in [5.74, 6) is -0.165. The standard InChI is InChI=1S/C26H28N2O2S/c1-17(2)16-28-24(22-13-8-14-31-22)23(20-11-5-6-12-21(20)25(28)29)26(30)27(4)19-10-7-9-18(3)15-19/h5-15,17,23-24H,16H2,1-4H3. The summed E-state index contributed by atoms with van der Waals surface area (Å²) in [4.78, 5) is 32.2. The van der Waals surface area contributed by atoms with Crippen molar-refractivity contribution in [3.63, 3.8) is 0 Å². The number of benzene rings is 2. The minimum atomic E-state index is -0.461. The lowest BCUT2D eigenvalue weighted by molar-refractivity contribution is -0.121. The van der Waals surface area contributed by atoms with Crippen molar-refractivity contribution in [3.05, 3.63) is 87.6 Å². The maximum Gasteiger partial charge on any atom is 0.254 e. The van der Waals surface area contributed by atoms with Crippen LogP contribution in [0.4, 0.5) is 5.69 Å². The van der Waals surface area contributed by atoms with Crippen molar-refractivity contribution in [1.82, 2.24) is 4.90 Å². The highest BCUT2D eigenvalue weighted by Gasteiger charge is 2.45. The fourth-order valence-corrected chi connectivity index (χ4v) is 5.28. The summed E-state index contributed by atoms with van der Waals surface area (Å²) in [6.45, 7) is 6.84. The molecule has 2 aromatic carbocycles. The number of anilines is 1. The van der Waals surface area contributed by atoms with Crippen LogP contribution in [0.5, 0.6) is 0 Å². The van der Waals surface area contributed by atoms with Gasteiger partial charge >= 0.3 is 0 Å². The molecule has 160 valence electrons. The van der Waals surface area contributed by atoms with E-state index in [1.807, 2.05) is 84.9 Å². The second-order valence-corrected chi connectivity index (χ2v) is 9.59. The summed E-state index contributed by atoms with van der Waals surface area (Å²) in [6.07, 6.45) is 0. The highest BCUT2D eigenvalue weighted by molar-refractivity contribution is 7.10. The van der Waals surface area contributed by atoms with Crippen molar-refractivity contribution in [2.45, 2.75) is 32.7 Å². The molecular weight excluding hydrogens is 404 g/mol. The van der Waals surface area contributed by atoms with Gasteiger partial charge in [0.25, 0.3) is 5.91 Å². The van der Waals surface area contributed by atoms with E-state index in [4.69, 9.17) is 0 Å². The van der Waals surface area contributed by atoms with Crippen LogP contribution in [0, 0.1) is 12.8 Å². The van der Waals surface area contributed by atoms with Gasteiger partial charge in [-0.1, -0.05) is 50.2 Å². The highest BCUT2D eigenvalue weighted by Crippen LogP contribution is 2.45. The third-order valence-electron chi connectivity index (χ3n) is 5.82. The molecule has 1 aliphatic rings.